The summed E-state index contributed by atoms with van der Waals surface area (Å²) >= 11 is 0. The van der Waals surface area contributed by atoms with Crippen LogP contribution in [0.4, 0.5) is 0 Å². The molecule has 4 unspecified atom stereocenters. The Kier molecular flexibility index (Phi) is 2.28. The molecular formula is C17H26O. The SMILES string of the molecule is CC(=O)C12CC3(CC=C1C)C(C)CCC3C2(C)C. The van der Waals surface area contributed by atoms with Gasteiger partial charge in [0.05, 0.1) is 5.41 Å². The van der Waals surface area contributed by atoms with Gasteiger partial charge in [-0.1, -0.05) is 32.4 Å². The lowest BCUT2D eigenvalue weighted by molar-refractivity contribution is -0.130. The summed E-state index contributed by atoms with van der Waals surface area (Å²) in [6.45, 7) is 11.2. The van der Waals surface area contributed by atoms with Gasteiger partial charge < -0.3 is 0 Å². The van der Waals surface area contributed by atoms with Gasteiger partial charge in [0.25, 0.3) is 0 Å². The van der Waals surface area contributed by atoms with Gasteiger partial charge in [-0.05, 0) is 62.2 Å². The number of ketones is 1. The van der Waals surface area contributed by atoms with Crippen LogP contribution in [0.2, 0.25) is 0 Å². The van der Waals surface area contributed by atoms with Crippen molar-refractivity contribution in [3.8, 4) is 0 Å². The summed E-state index contributed by atoms with van der Waals surface area (Å²) in [5.74, 6) is 1.92. The van der Waals surface area contributed by atoms with Crippen molar-refractivity contribution < 1.29 is 4.79 Å². The number of hydrogen-bond donors (Lipinski definition) is 0. The van der Waals surface area contributed by atoms with Crippen molar-refractivity contribution >= 4 is 5.78 Å². The molecule has 0 aromatic rings. The predicted octanol–water partition coefficient (Wildman–Crippen LogP) is 4.37. The first-order chi connectivity index (χ1) is 8.29. The summed E-state index contributed by atoms with van der Waals surface area (Å²) in [5.41, 5.74) is 1.76. The molecule has 3 aliphatic rings. The maximum atomic E-state index is 12.5. The van der Waals surface area contributed by atoms with Crippen LogP contribution in [0.5, 0.6) is 0 Å². The number of allylic oxidation sites excluding steroid dienone is 2. The first-order valence-electron chi connectivity index (χ1n) is 7.47. The second-order valence-electron chi connectivity index (χ2n) is 7.72. The molecule has 4 atom stereocenters. The van der Waals surface area contributed by atoms with Crippen LogP contribution in [0.3, 0.4) is 0 Å². The van der Waals surface area contributed by atoms with E-state index in [1.165, 1.54) is 24.8 Å². The van der Waals surface area contributed by atoms with Crippen molar-refractivity contribution in [2.45, 2.75) is 60.3 Å². The molecule has 2 saturated carbocycles. The average molecular weight is 246 g/mol. The monoisotopic (exact) mass is 246 g/mol. The average Bonchev–Trinajstić information content (AvgIpc) is 2.67. The molecule has 3 rings (SSSR count). The third-order valence-electron chi connectivity index (χ3n) is 7.19. The topological polar surface area (TPSA) is 17.1 Å². The Bertz CT molecular complexity index is 445. The molecule has 0 aliphatic heterocycles. The summed E-state index contributed by atoms with van der Waals surface area (Å²) in [6.07, 6.45) is 7.41. The van der Waals surface area contributed by atoms with E-state index in [0.29, 0.717) is 11.2 Å². The molecular weight excluding hydrogens is 220 g/mol. The Morgan fingerprint density at radius 1 is 1.33 bits per heavy atom. The highest BCUT2D eigenvalue weighted by Gasteiger charge is 2.71. The molecule has 0 aromatic carbocycles. The molecule has 2 bridgehead atoms. The minimum absolute atomic E-state index is 0.140. The molecule has 18 heavy (non-hydrogen) atoms. The van der Waals surface area contributed by atoms with Gasteiger partial charge in [-0.15, -0.1) is 0 Å². The predicted molar refractivity (Wildman–Crippen MR) is 74.2 cm³/mol. The Balaban J connectivity index is 2.24. The second kappa shape index (κ2) is 3.29. The quantitative estimate of drug-likeness (QED) is 0.628. The molecule has 0 amide bonds. The van der Waals surface area contributed by atoms with E-state index in [4.69, 9.17) is 0 Å². The van der Waals surface area contributed by atoms with Crippen LogP contribution in [0, 0.1) is 28.1 Å². The zero-order valence-electron chi connectivity index (χ0n) is 12.5. The summed E-state index contributed by atoms with van der Waals surface area (Å²) in [5, 5.41) is 0. The summed E-state index contributed by atoms with van der Waals surface area (Å²) in [7, 11) is 0. The molecule has 0 radical (unpaired) electrons. The number of rotatable bonds is 1. The van der Waals surface area contributed by atoms with E-state index in [0.717, 1.165) is 18.3 Å². The normalized spacial score (nSPS) is 48.8. The van der Waals surface area contributed by atoms with E-state index in [2.05, 4.69) is 33.8 Å². The lowest BCUT2D eigenvalue weighted by atomic mass is 9.58. The molecule has 0 N–H and O–H groups in total. The van der Waals surface area contributed by atoms with Crippen LogP contribution < -0.4 is 0 Å². The second-order valence-corrected chi connectivity index (χ2v) is 7.72. The largest absolute Gasteiger partial charge is 0.299 e. The zero-order valence-corrected chi connectivity index (χ0v) is 12.5. The lowest BCUT2D eigenvalue weighted by Gasteiger charge is -2.44. The van der Waals surface area contributed by atoms with Gasteiger partial charge in [-0.25, -0.2) is 0 Å². The number of Topliss-reactive ketones (excluding diaryl/α,β-unsaturated/α-hetero) is 1. The standard InChI is InChI=1S/C17H26O/c1-11-6-7-14-15(4,5)17(13(3)18)10-16(11,14)9-8-12(17)2/h8,11,14H,6-7,9-10H2,1-5H3. The smallest absolute Gasteiger partial charge is 0.140 e. The molecule has 1 spiro atoms. The first kappa shape index (κ1) is 12.4. The Hall–Kier alpha value is -0.590. The number of carbonyl (C=O) groups excluding carboxylic acids is 1. The van der Waals surface area contributed by atoms with Crippen molar-refractivity contribution in [2.24, 2.45) is 28.1 Å². The number of fused-ring (bicyclic) bond motifs is 1. The van der Waals surface area contributed by atoms with Crippen LogP contribution in [-0.4, -0.2) is 5.78 Å². The lowest BCUT2D eigenvalue weighted by Crippen LogP contribution is -2.43. The van der Waals surface area contributed by atoms with Gasteiger partial charge in [0.15, 0.2) is 0 Å². The first-order valence-corrected chi connectivity index (χ1v) is 7.47. The van der Waals surface area contributed by atoms with Crippen LogP contribution in [0.15, 0.2) is 11.6 Å². The number of carbonyl (C=O) groups is 1. The Morgan fingerprint density at radius 2 is 2.00 bits per heavy atom. The third kappa shape index (κ3) is 1.04. The molecule has 3 aliphatic carbocycles. The van der Waals surface area contributed by atoms with E-state index in [1.54, 1.807) is 0 Å². The van der Waals surface area contributed by atoms with E-state index in [1.807, 2.05) is 6.92 Å². The highest BCUT2D eigenvalue weighted by Crippen LogP contribution is 2.76. The molecule has 1 nitrogen and oxygen atoms in total. The maximum Gasteiger partial charge on any atom is 0.140 e. The number of hydrogen-bond acceptors (Lipinski definition) is 1. The van der Waals surface area contributed by atoms with Crippen molar-refractivity contribution in [3.63, 3.8) is 0 Å². The van der Waals surface area contributed by atoms with Crippen LogP contribution in [0.1, 0.15) is 60.3 Å². The molecule has 0 heterocycles. The van der Waals surface area contributed by atoms with Crippen molar-refractivity contribution in [1.29, 1.82) is 0 Å². The molecule has 0 aromatic heterocycles. The maximum absolute atomic E-state index is 12.5. The fourth-order valence-electron chi connectivity index (χ4n) is 6.17. The van der Waals surface area contributed by atoms with E-state index in [-0.39, 0.29) is 10.8 Å². The van der Waals surface area contributed by atoms with Gasteiger partial charge in [0.2, 0.25) is 0 Å². The van der Waals surface area contributed by atoms with E-state index >= 15 is 0 Å². The molecule has 0 saturated heterocycles. The van der Waals surface area contributed by atoms with Crippen LogP contribution in [0.25, 0.3) is 0 Å². The molecule has 2 fully saturated rings. The highest BCUT2D eigenvalue weighted by atomic mass is 16.1. The fourth-order valence-corrected chi connectivity index (χ4v) is 6.17. The summed E-state index contributed by atoms with van der Waals surface area (Å²) < 4.78 is 0. The van der Waals surface area contributed by atoms with Gasteiger partial charge >= 0.3 is 0 Å². The van der Waals surface area contributed by atoms with Crippen LogP contribution >= 0.6 is 0 Å². The van der Waals surface area contributed by atoms with E-state index < -0.39 is 0 Å². The van der Waals surface area contributed by atoms with E-state index in [9.17, 15) is 4.79 Å². The zero-order chi connectivity index (χ0) is 13.3. The molecule has 100 valence electrons. The van der Waals surface area contributed by atoms with Gasteiger partial charge in [-0.3, -0.25) is 4.79 Å². The van der Waals surface area contributed by atoms with Crippen molar-refractivity contribution in [1.82, 2.24) is 0 Å². The highest BCUT2D eigenvalue weighted by molar-refractivity contribution is 5.87. The summed E-state index contributed by atoms with van der Waals surface area (Å²) in [6, 6.07) is 0. The van der Waals surface area contributed by atoms with Crippen molar-refractivity contribution in [3.05, 3.63) is 11.6 Å². The minimum Gasteiger partial charge on any atom is -0.299 e. The van der Waals surface area contributed by atoms with Crippen LogP contribution in [-0.2, 0) is 4.79 Å². The third-order valence-corrected chi connectivity index (χ3v) is 7.19. The molecule has 1 heteroatoms. The Morgan fingerprint density at radius 3 is 2.61 bits per heavy atom. The van der Waals surface area contributed by atoms with Gasteiger partial charge in [0.1, 0.15) is 5.78 Å². The van der Waals surface area contributed by atoms with Gasteiger partial charge in [-0.2, -0.15) is 0 Å². The Labute approximate surface area is 111 Å². The van der Waals surface area contributed by atoms with Gasteiger partial charge in [0, 0.05) is 0 Å². The van der Waals surface area contributed by atoms with Crippen molar-refractivity contribution in [2.75, 3.05) is 0 Å². The summed E-state index contributed by atoms with van der Waals surface area (Å²) in [4.78, 5) is 12.5. The minimum atomic E-state index is -0.162. The fraction of sp³-hybridized carbons (Fsp3) is 0.824.